The number of hydrogen-bond acceptors (Lipinski definition) is 3. The maximum atomic E-state index is 13.8. The molecule has 0 spiro atoms. The van der Waals surface area contributed by atoms with E-state index in [2.05, 4.69) is 0 Å². The highest BCUT2D eigenvalue weighted by molar-refractivity contribution is 6.31. The van der Waals surface area contributed by atoms with Crippen LogP contribution in [0.1, 0.15) is 40.2 Å². The number of fused-ring (bicyclic) bond motifs is 1. The zero-order chi connectivity index (χ0) is 26.1. The Labute approximate surface area is 219 Å². The van der Waals surface area contributed by atoms with Crippen LogP contribution in [0.5, 0.6) is 11.5 Å². The van der Waals surface area contributed by atoms with Crippen molar-refractivity contribution in [3.8, 4) is 11.5 Å². The summed E-state index contributed by atoms with van der Waals surface area (Å²) in [4.78, 5) is 15.5. The fraction of sp³-hybridized carbons (Fsp3) is 0.276. The highest BCUT2D eigenvalue weighted by atomic mass is 35.5. The van der Waals surface area contributed by atoms with E-state index in [1.807, 2.05) is 33.7 Å². The molecule has 8 heteroatoms. The zero-order valence-corrected chi connectivity index (χ0v) is 21.4. The van der Waals surface area contributed by atoms with Crippen LogP contribution in [0.25, 0.3) is 10.9 Å². The van der Waals surface area contributed by atoms with E-state index < -0.39 is 11.6 Å². The van der Waals surface area contributed by atoms with Gasteiger partial charge in [-0.15, -0.1) is 0 Å². The number of methoxy groups -OCH3 is 2. The van der Waals surface area contributed by atoms with Crippen LogP contribution >= 0.6 is 11.6 Å². The molecule has 4 aromatic rings. The molecule has 192 valence electrons. The van der Waals surface area contributed by atoms with Crippen molar-refractivity contribution in [2.75, 3.05) is 27.3 Å². The number of amides is 1. The summed E-state index contributed by atoms with van der Waals surface area (Å²) in [5.74, 6) is 0.418. The van der Waals surface area contributed by atoms with E-state index in [-0.39, 0.29) is 18.4 Å². The molecule has 0 bridgehead atoms. The molecule has 2 heterocycles. The summed E-state index contributed by atoms with van der Waals surface area (Å²) in [5, 5.41) is 1.27. The summed E-state index contributed by atoms with van der Waals surface area (Å²) < 4.78 is 40.6. The molecule has 0 radical (unpaired) electrons. The van der Waals surface area contributed by atoms with Crippen LogP contribution in [0.2, 0.25) is 5.02 Å². The number of benzene rings is 3. The largest absolute Gasteiger partial charge is 0.496 e. The predicted octanol–water partition coefficient (Wildman–Crippen LogP) is 6.66. The maximum absolute atomic E-state index is 13.8. The van der Waals surface area contributed by atoms with E-state index in [1.54, 1.807) is 32.5 Å². The van der Waals surface area contributed by atoms with Crippen molar-refractivity contribution in [1.82, 2.24) is 9.47 Å². The van der Waals surface area contributed by atoms with Gasteiger partial charge in [-0.05, 0) is 60.7 Å². The number of carbonyl (C=O) groups excluding carboxylic acids is 1. The van der Waals surface area contributed by atoms with Crippen molar-refractivity contribution in [2.45, 2.75) is 25.3 Å². The summed E-state index contributed by atoms with van der Waals surface area (Å²) in [6.07, 6.45) is 3.30. The van der Waals surface area contributed by atoms with E-state index in [0.29, 0.717) is 29.2 Å². The molecular formula is C29H27ClF2N2O3. The second-order valence-corrected chi connectivity index (χ2v) is 9.69. The van der Waals surface area contributed by atoms with Crippen molar-refractivity contribution in [2.24, 2.45) is 0 Å². The van der Waals surface area contributed by atoms with Gasteiger partial charge in [-0.25, -0.2) is 8.78 Å². The first-order chi connectivity index (χ1) is 17.9. The van der Waals surface area contributed by atoms with Gasteiger partial charge >= 0.3 is 0 Å². The second kappa shape index (κ2) is 10.4. The van der Waals surface area contributed by atoms with E-state index in [1.165, 1.54) is 12.1 Å². The third kappa shape index (κ3) is 5.01. The number of piperidine rings is 1. The molecule has 3 aromatic carbocycles. The number of likely N-dealkylation sites (tertiary alicyclic amines) is 1. The van der Waals surface area contributed by atoms with Crippen LogP contribution in [-0.2, 0) is 6.54 Å². The van der Waals surface area contributed by atoms with Crippen molar-refractivity contribution in [1.29, 1.82) is 0 Å². The first-order valence-electron chi connectivity index (χ1n) is 12.1. The fourth-order valence-corrected chi connectivity index (χ4v) is 5.46. The van der Waals surface area contributed by atoms with Gasteiger partial charge in [0, 0.05) is 47.9 Å². The maximum Gasteiger partial charge on any atom is 0.256 e. The van der Waals surface area contributed by atoms with Crippen LogP contribution in [0.3, 0.4) is 0 Å². The monoisotopic (exact) mass is 524 g/mol. The first-order valence-corrected chi connectivity index (χ1v) is 12.5. The Morgan fingerprint density at radius 2 is 1.62 bits per heavy atom. The lowest BCUT2D eigenvalue weighted by Gasteiger charge is -2.33. The van der Waals surface area contributed by atoms with Gasteiger partial charge < -0.3 is 18.9 Å². The van der Waals surface area contributed by atoms with Gasteiger partial charge in [0.25, 0.3) is 5.91 Å². The number of nitrogens with zero attached hydrogens (tertiary/aromatic N) is 2. The quantitative estimate of drug-likeness (QED) is 0.283. The molecule has 1 aliphatic rings. The molecule has 1 aliphatic heterocycles. The average Bonchev–Trinajstić information content (AvgIpc) is 3.24. The molecule has 0 N–H and O–H groups in total. The van der Waals surface area contributed by atoms with Gasteiger partial charge in [-0.1, -0.05) is 23.7 Å². The van der Waals surface area contributed by atoms with Crippen LogP contribution in [0, 0.1) is 11.6 Å². The highest BCUT2D eigenvalue weighted by Gasteiger charge is 2.29. The minimum atomic E-state index is -0.643. The summed E-state index contributed by atoms with van der Waals surface area (Å²) in [6.45, 7) is 1.37. The minimum absolute atomic E-state index is 0.0815. The standard InChI is InChI=1S/C29H27ClF2N2O3/c1-36-26-4-3-5-27(37-2)28(26)19-8-10-33(11-9-19)29(35)24-17-34(25-14-20(30)6-7-23(24)25)16-18-12-21(31)15-22(32)13-18/h3-7,12-15,17,19H,8-11,16H2,1-2H3. The molecule has 1 amide bonds. The van der Waals surface area contributed by atoms with Gasteiger partial charge in [0.05, 0.1) is 25.3 Å². The van der Waals surface area contributed by atoms with E-state index in [9.17, 15) is 13.6 Å². The van der Waals surface area contributed by atoms with E-state index in [4.69, 9.17) is 21.1 Å². The SMILES string of the molecule is COc1cccc(OC)c1C1CCN(C(=O)c2cn(Cc3cc(F)cc(F)c3)c3cc(Cl)ccc23)CC1. The van der Waals surface area contributed by atoms with Crippen LogP contribution in [0.4, 0.5) is 8.78 Å². The van der Waals surface area contributed by atoms with Gasteiger partial charge in [0.1, 0.15) is 23.1 Å². The molecule has 0 aliphatic carbocycles. The third-order valence-electron chi connectivity index (χ3n) is 7.01. The number of rotatable bonds is 6. The van der Waals surface area contributed by atoms with E-state index >= 15 is 0 Å². The Kier molecular flexibility index (Phi) is 7.07. The number of aromatic nitrogens is 1. The molecule has 0 saturated carbocycles. The van der Waals surface area contributed by atoms with Crippen LogP contribution in [-0.4, -0.2) is 42.7 Å². The third-order valence-corrected chi connectivity index (χ3v) is 7.24. The fourth-order valence-electron chi connectivity index (χ4n) is 5.29. The smallest absolute Gasteiger partial charge is 0.256 e. The number of carbonyl (C=O) groups is 1. The lowest BCUT2D eigenvalue weighted by molar-refractivity contribution is 0.0714. The number of ether oxygens (including phenoxy) is 2. The van der Waals surface area contributed by atoms with Crippen LogP contribution in [0.15, 0.2) is 60.8 Å². The Balaban J connectivity index is 1.40. The summed E-state index contributed by atoms with van der Waals surface area (Å²) in [6, 6.07) is 14.5. The molecule has 5 rings (SSSR count). The molecule has 5 nitrogen and oxygen atoms in total. The van der Waals surface area contributed by atoms with Gasteiger partial charge in [-0.3, -0.25) is 4.79 Å². The van der Waals surface area contributed by atoms with E-state index in [0.717, 1.165) is 46.9 Å². The second-order valence-electron chi connectivity index (χ2n) is 9.25. The Morgan fingerprint density at radius 3 is 2.24 bits per heavy atom. The minimum Gasteiger partial charge on any atom is -0.496 e. The van der Waals surface area contributed by atoms with Crippen LogP contribution < -0.4 is 9.47 Å². The Morgan fingerprint density at radius 1 is 0.973 bits per heavy atom. The normalized spacial score (nSPS) is 14.2. The zero-order valence-electron chi connectivity index (χ0n) is 20.6. The summed E-state index contributed by atoms with van der Waals surface area (Å²) >= 11 is 6.26. The van der Waals surface area contributed by atoms with Gasteiger partial charge in [0.15, 0.2) is 0 Å². The van der Waals surface area contributed by atoms with Crippen molar-refractivity contribution >= 4 is 28.4 Å². The predicted molar refractivity (Wildman–Crippen MR) is 140 cm³/mol. The van der Waals surface area contributed by atoms with Crippen molar-refractivity contribution in [3.63, 3.8) is 0 Å². The Bertz CT molecular complexity index is 1420. The van der Waals surface area contributed by atoms with Gasteiger partial charge in [-0.2, -0.15) is 0 Å². The molecule has 1 saturated heterocycles. The molecular weight excluding hydrogens is 498 g/mol. The topological polar surface area (TPSA) is 43.7 Å². The number of halogens is 3. The molecule has 37 heavy (non-hydrogen) atoms. The lowest BCUT2D eigenvalue weighted by atomic mass is 9.88. The molecule has 1 fully saturated rings. The molecule has 0 atom stereocenters. The molecule has 0 unspecified atom stereocenters. The van der Waals surface area contributed by atoms with Crippen molar-refractivity contribution < 1.29 is 23.0 Å². The average molecular weight is 525 g/mol. The van der Waals surface area contributed by atoms with Crippen molar-refractivity contribution in [3.05, 3.63) is 94.1 Å². The summed E-state index contributed by atoms with van der Waals surface area (Å²) in [5.41, 5.74) is 2.76. The molecule has 1 aromatic heterocycles. The Hall–Kier alpha value is -3.58. The first kappa shape index (κ1) is 25.1. The number of hydrogen-bond donors (Lipinski definition) is 0. The lowest BCUT2D eigenvalue weighted by Crippen LogP contribution is -2.38. The van der Waals surface area contributed by atoms with Gasteiger partial charge in [0.2, 0.25) is 0 Å². The highest BCUT2D eigenvalue weighted by Crippen LogP contribution is 2.40. The summed E-state index contributed by atoms with van der Waals surface area (Å²) in [7, 11) is 3.30.